The Morgan fingerprint density at radius 1 is 1.29 bits per heavy atom. The van der Waals surface area contributed by atoms with Crippen molar-refractivity contribution in [3.63, 3.8) is 0 Å². The predicted octanol–water partition coefficient (Wildman–Crippen LogP) is 3.87. The Hall–Kier alpha value is -2.14. The van der Waals surface area contributed by atoms with Crippen LogP contribution in [0.25, 0.3) is 0 Å². The second-order valence-corrected chi connectivity index (χ2v) is 4.96. The smallest absolute Gasteiger partial charge is 0.255 e. The van der Waals surface area contributed by atoms with Crippen molar-refractivity contribution >= 4 is 29.0 Å². The van der Waals surface area contributed by atoms with Gasteiger partial charge < -0.3 is 10.6 Å². The number of benzene rings is 1. The first-order valence-corrected chi connectivity index (χ1v) is 6.85. The van der Waals surface area contributed by atoms with Crippen LogP contribution in [0, 0.1) is 12.7 Å². The first-order chi connectivity index (χ1) is 9.97. The first kappa shape index (κ1) is 15.3. The van der Waals surface area contributed by atoms with E-state index in [4.69, 9.17) is 11.6 Å². The Morgan fingerprint density at radius 2 is 2.05 bits per heavy atom. The normalized spacial score (nSPS) is 10.3. The molecule has 0 aliphatic heterocycles. The van der Waals surface area contributed by atoms with Crippen molar-refractivity contribution in [2.45, 2.75) is 13.8 Å². The maximum absolute atomic E-state index is 13.3. The SMILES string of the molecule is CCNc1cc(C(=O)Nc2cc(F)cc(Cl)c2)cc(C)n1. The minimum atomic E-state index is -0.503. The third-order valence-electron chi connectivity index (χ3n) is 2.69. The first-order valence-electron chi connectivity index (χ1n) is 6.48. The van der Waals surface area contributed by atoms with E-state index in [0.717, 1.165) is 5.69 Å². The molecule has 2 N–H and O–H groups in total. The lowest BCUT2D eigenvalue weighted by Crippen LogP contribution is -2.13. The maximum Gasteiger partial charge on any atom is 0.255 e. The van der Waals surface area contributed by atoms with Crippen molar-refractivity contribution in [3.05, 3.63) is 52.4 Å². The highest BCUT2D eigenvalue weighted by Crippen LogP contribution is 2.19. The minimum absolute atomic E-state index is 0.226. The van der Waals surface area contributed by atoms with Gasteiger partial charge in [0.25, 0.3) is 5.91 Å². The molecule has 2 rings (SSSR count). The Bertz CT molecular complexity index is 656. The van der Waals surface area contributed by atoms with Gasteiger partial charge in [-0.25, -0.2) is 9.37 Å². The van der Waals surface area contributed by atoms with Crippen LogP contribution in [0.4, 0.5) is 15.9 Å². The average molecular weight is 308 g/mol. The van der Waals surface area contributed by atoms with Gasteiger partial charge in [0.15, 0.2) is 0 Å². The standard InChI is InChI=1S/C15H15ClFN3O/c1-3-18-14-5-10(4-9(2)19-14)15(21)20-13-7-11(16)6-12(17)8-13/h4-8H,3H2,1-2H3,(H,18,19)(H,20,21). The Balaban J connectivity index is 2.23. The molecule has 0 bridgehead atoms. The number of aryl methyl sites for hydroxylation is 1. The number of carbonyl (C=O) groups is 1. The number of nitrogens with zero attached hydrogens (tertiary/aromatic N) is 1. The van der Waals surface area contributed by atoms with Crippen LogP contribution in [-0.4, -0.2) is 17.4 Å². The predicted molar refractivity (Wildman–Crippen MR) is 82.5 cm³/mol. The quantitative estimate of drug-likeness (QED) is 0.901. The van der Waals surface area contributed by atoms with Gasteiger partial charge in [-0.2, -0.15) is 0 Å². The van der Waals surface area contributed by atoms with Gasteiger partial charge in [-0.3, -0.25) is 4.79 Å². The molecular weight excluding hydrogens is 293 g/mol. The zero-order valence-corrected chi connectivity index (χ0v) is 12.5. The molecular formula is C15H15ClFN3O. The number of hydrogen-bond acceptors (Lipinski definition) is 3. The van der Waals surface area contributed by atoms with E-state index in [-0.39, 0.29) is 10.9 Å². The van der Waals surface area contributed by atoms with Gasteiger partial charge >= 0.3 is 0 Å². The molecule has 1 heterocycles. The fraction of sp³-hybridized carbons (Fsp3) is 0.200. The molecule has 0 fully saturated rings. The van der Waals surface area contributed by atoms with Gasteiger partial charge in [0.1, 0.15) is 11.6 Å². The van der Waals surface area contributed by atoms with E-state index in [1.54, 1.807) is 19.1 Å². The molecule has 4 nitrogen and oxygen atoms in total. The summed E-state index contributed by atoms with van der Waals surface area (Å²) in [7, 11) is 0. The molecule has 0 aliphatic rings. The fourth-order valence-electron chi connectivity index (χ4n) is 1.90. The Labute approximate surface area is 127 Å². The molecule has 110 valence electrons. The van der Waals surface area contributed by atoms with Crippen LogP contribution in [0.2, 0.25) is 5.02 Å². The lowest BCUT2D eigenvalue weighted by atomic mass is 10.2. The number of amides is 1. The molecule has 1 aromatic carbocycles. The zero-order valence-electron chi connectivity index (χ0n) is 11.7. The zero-order chi connectivity index (χ0) is 15.4. The van der Waals surface area contributed by atoms with Crippen molar-refractivity contribution in [2.24, 2.45) is 0 Å². The third-order valence-corrected chi connectivity index (χ3v) is 2.91. The topological polar surface area (TPSA) is 54.0 Å². The van der Waals surface area contributed by atoms with Gasteiger partial charge in [0.05, 0.1) is 0 Å². The van der Waals surface area contributed by atoms with E-state index >= 15 is 0 Å². The number of pyridine rings is 1. The molecule has 2 aromatic rings. The molecule has 0 spiro atoms. The molecule has 0 unspecified atom stereocenters. The number of hydrogen-bond donors (Lipinski definition) is 2. The van der Waals surface area contributed by atoms with E-state index in [1.807, 2.05) is 6.92 Å². The van der Waals surface area contributed by atoms with Crippen LogP contribution in [0.1, 0.15) is 23.0 Å². The molecule has 21 heavy (non-hydrogen) atoms. The average Bonchev–Trinajstić information content (AvgIpc) is 2.37. The van der Waals surface area contributed by atoms with Crippen molar-refractivity contribution in [1.82, 2.24) is 4.98 Å². The van der Waals surface area contributed by atoms with Crippen LogP contribution in [-0.2, 0) is 0 Å². The van der Waals surface area contributed by atoms with Crippen molar-refractivity contribution in [1.29, 1.82) is 0 Å². The van der Waals surface area contributed by atoms with Crippen molar-refractivity contribution < 1.29 is 9.18 Å². The molecule has 0 saturated carbocycles. The minimum Gasteiger partial charge on any atom is -0.370 e. The second kappa shape index (κ2) is 6.54. The number of halogens is 2. The summed E-state index contributed by atoms with van der Waals surface area (Å²) in [5.41, 5.74) is 1.47. The van der Waals surface area contributed by atoms with Crippen LogP contribution < -0.4 is 10.6 Å². The van der Waals surface area contributed by atoms with Gasteiger partial charge in [0, 0.05) is 28.5 Å². The van der Waals surface area contributed by atoms with Gasteiger partial charge in [-0.05, 0) is 44.2 Å². The van der Waals surface area contributed by atoms with Crippen molar-refractivity contribution in [3.8, 4) is 0 Å². The van der Waals surface area contributed by atoms with E-state index in [2.05, 4.69) is 15.6 Å². The van der Waals surface area contributed by atoms with E-state index in [0.29, 0.717) is 23.6 Å². The summed E-state index contributed by atoms with van der Waals surface area (Å²) in [6, 6.07) is 7.19. The van der Waals surface area contributed by atoms with E-state index < -0.39 is 5.82 Å². The third kappa shape index (κ3) is 4.16. The molecule has 1 aromatic heterocycles. The summed E-state index contributed by atoms with van der Waals surface area (Å²) in [6.07, 6.45) is 0. The maximum atomic E-state index is 13.3. The highest BCUT2D eigenvalue weighted by atomic mass is 35.5. The molecule has 6 heteroatoms. The molecule has 0 atom stereocenters. The molecule has 0 saturated heterocycles. The molecule has 1 amide bonds. The second-order valence-electron chi connectivity index (χ2n) is 4.53. The summed E-state index contributed by atoms with van der Waals surface area (Å²) in [4.78, 5) is 16.5. The highest BCUT2D eigenvalue weighted by Gasteiger charge is 2.10. The van der Waals surface area contributed by atoms with Crippen LogP contribution >= 0.6 is 11.6 Å². The van der Waals surface area contributed by atoms with Crippen LogP contribution in [0.15, 0.2) is 30.3 Å². The van der Waals surface area contributed by atoms with Gasteiger partial charge in [0.2, 0.25) is 0 Å². The summed E-state index contributed by atoms with van der Waals surface area (Å²) < 4.78 is 13.3. The molecule has 0 aliphatic carbocycles. The fourth-order valence-corrected chi connectivity index (χ4v) is 2.12. The Kier molecular flexibility index (Phi) is 4.75. The number of carbonyl (C=O) groups excluding carboxylic acids is 1. The van der Waals surface area contributed by atoms with Crippen molar-refractivity contribution in [2.75, 3.05) is 17.2 Å². The summed E-state index contributed by atoms with van der Waals surface area (Å²) >= 11 is 5.76. The van der Waals surface area contributed by atoms with Gasteiger partial charge in [-0.1, -0.05) is 11.6 Å². The monoisotopic (exact) mass is 307 g/mol. The summed E-state index contributed by atoms with van der Waals surface area (Å²) in [5.74, 6) is -0.224. The van der Waals surface area contributed by atoms with E-state index in [1.165, 1.54) is 18.2 Å². The number of rotatable bonds is 4. The Morgan fingerprint density at radius 3 is 2.71 bits per heavy atom. The number of nitrogens with one attached hydrogen (secondary N) is 2. The molecule has 0 radical (unpaired) electrons. The largest absolute Gasteiger partial charge is 0.370 e. The van der Waals surface area contributed by atoms with Gasteiger partial charge in [-0.15, -0.1) is 0 Å². The van der Waals surface area contributed by atoms with E-state index in [9.17, 15) is 9.18 Å². The summed E-state index contributed by atoms with van der Waals surface area (Å²) in [6.45, 7) is 4.45. The number of aromatic nitrogens is 1. The lowest BCUT2D eigenvalue weighted by molar-refractivity contribution is 0.102. The highest BCUT2D eigenvalue weighted by molar-refractivity contribution is 6.31. The number of anilines is 2. The van der Waals surface area contributed by atoms with Crippen LogP contribution in [0.3, 0.4) is 0 Å². The summed E-state index contributed by atoms with van der Waals surface area (Å²) in [5, 5.41) is 5.90. The van der Waals surface area contributed by atoms with Crippen LogP contribution in [0.5, 0.6) is 0 Å². The lowest BCUT2D eigenvalue weighted by Gasteiger charge is -2.09.